The first kappa shape index (κ1) is 23.5. The van der Waals surface area contributed by atoms with E-state index in [1.54, 1.807) is 36.4 Å². The fourth-order valence-corrected chi connectivity index (χ4v) is 4.72. The van der Waals surface area contributed by atoms with E-state index in [1.807, 2.05) is 6.08 Å². The lowest BCUT2D eigenvalue weighted by Gasteiger charge is -2.29. The Bertz CT molecular complexity index is 1320. The van der Waals surface area contributed by atoms with Gasteiger partial charge >= 0.3 is 5.97 Å². The molecular weight excluding hydrogens is 464 g/mol. The fourth-order valence-electron chi connectivity index (χ4n) is 4.72. The predicted molar refractivity (Wildman–Crippen MR) is 130 cm³/mol. The third kappa shape index (κ3) is 4.93. The van der Waals surface area contributed by atoms with E-state index in [4.69, 9.17) is 9.84 Å². The van der Waals surface area contributed by atoms with Crippen molar-refractivity contribution in [3.05, 3.63) is 107 Å². The van der Waals surface area contributed by atoms with Gasteiger partial charge in [0.25, 0.3) is 5.91 Å². The van der Waals surface area contributed by atoms with E-state index in [0.717, 1.165) is 41.7 Å². The van der Waals surface area contributed by atoms with Crippen molar-refractivity contribution in [2.45, 2.75) is 25.3 Å². The number of rotatable bonds is 5. The lowest BCUT2D eigenvalue weighted by molar-refractivity contribution is -0.137. The van der Waals surface area contributed by atoms with Gasteiger partial charge < -0.3 is 4.74 Å². The van der Waals surface area contributed by atoms with Crippen LogP contribution >= 0.6 is 0 Å². The molecule has 1 aromatic heterocycles. The Kier molecular flexibility index (Phi) is 6.66. The van der Waals surface area contributed by atoms with Gasteiger partial charge in [0.2, 0.25) is 0 Å². The van der Waals surface area contributed by atoms with Crippen LogP contribution < -0.4 is 0 Å². The molecule has 6 nitrogen and oxygen atoms in total. The zero-order chi connectivity index (χ0) is 25.1. The summed E-state index contributed by atoms with van der Waals surface area (Å²) in [7, 11) is 0. The Labute approximate surface area is 206 Å². The summed E-state index contributed by atoms with van der Waals surface area (Å²) in [5.41, 5.74) is 3.56. The number of amides is 1. The van der Waals surface area contributed by atoms with Crippen LogP contribution in [0.15, 0.2) is 83.7 Å². The van der Waals surface area contributed by atoms with Gasteiger partial charge in [0, 0.05) is 18.3 Å². The number of carbonyl (C=O) groups excluding carboxylic acids is 2. The highest BCUT2D eigenvalue weighted by molar-refractivity contribution is 6.08. The Balaban J connectivity index is 1.44. The molecule has 5 rings (SSSR count). The molecule has 2 aromatic carbocycles. The summed E-state index contributed by atoms with van der Waals surface area (Å²) in [6, 6.07) is 14.9. The maximum atomic E-state index is 13.7. The summed E-state index contributed by atoms with van der Waals surface area (Å²) < 4.78 is 32.3. The van der Waals surface area contributed by atoms with Gasteiger partial charge in [0.05, 0.1) is 17.3 Å². The number of benzene rings is 2. The van der Waals surface area contributed by atoms with Gasteiger partial charge in [-0.1, -0.05) is 24.3 Å². The summed E-state index contributed by atoms with van der Waals surface area (Å²) in [5.74, 6) is -1.93. The Morgan fingerprint density at radius 3 is 2.44 bits per heavy atom. The molecule has 1 aliphatic heterocycles. The standard InChI is InChI=1S/C28H23F2N3O3/c29-22-10-6-18(7-11-22)15-20-3-1-5-24-26(20)32-33(27(24)19-8-12-23(30)13-9-19)25(34)17-36-28(35)21-4-2-14-31-16-21/h2,4,6-16,24,27H,1,3,5,17H2. The molecule has 3 aromatic rings. The van der Waals surface area contributed by atoms with Crippen LogP contribution in [0.5, 0.6) is 0 Å². The number of halogens is 2. The van der Waals surface area contributed by atoms with Crippen LogP contribution in [0.1, 0.15) is 46.8 Å². The number of hydrazone groups is 1. The average Bonchev–Trinajstić information content (AvgIpc) is 3.30. The van der Waals surface area contributed by atoms with Gasteiger partial charge in [-0.05, 0) is 78.4 Å². The Morgan fingerprint density at radius 2 is 1.75 bits per heavy atom. The van der Waals surface area contributed by atoms with Crippen LogP contribution in [0.25, 0.3) is 6.08 Å². The molecule has 1 aliphatic carbocycles. The number of ether oxygens (including phenoxy) is 1. The highest BCUT2D eigenvalue weighted by Crippen LogP contribution is 2.44. The largest absolute Gasteiger partial charge is 0.452 e. The topological polar surface area (TPSA) is 71.9 Å². The third-order valence-corrected chi connectivity index (χ3v) is 6.40. The summed E-state index contributed by atoms with van der Waals surface area (Å²) in [6.07, 6.45) is 7.30. The van der Waals surface area contributed by atoms with Gasteiger partial charge in [-0.2, -0.15) is 5.10 Å². The second-order valence-electron chi connectivity index (χ2n) is 8.76. The number of aromatic nitrogens is 1. The van der Waals surface area contributed by atoms with E-state index >= 15 is 0 Å². The zero-order valence-electron chi connectivity index (χ0n) is 19.3. The lowest BCUT2D eigenvalue weighted by atomic mass is 9.77. The minimum Gasteiger partial charge on any atom is -0.452 e. The number of hydrogen-bond acceptors (Lipinski definition) is 5. The highest BCUT2D eigenvalue weighted by Gasteiger charge is 2.43. The number of pyridine rings is 1. The molecule has 1 amide bonds. The van der Waals surface area contributed by atoms with Crippen molar-refractivity contribution >= 4 is 23.7 Å². The van der Waals surface area contributed by atoms with Crippen LogP contribution in [-0.4, -0.2) is 34.2 Å². The monoisotopic (exact) mass is 487 g/mol. The number of allylic oxidation sites excluding steroid dienone is 1. The van der Waals surface area contributed by atoms with Crippen molar-refractivity contribution in [1.82, 2.24) is 9.99 Å². The molecule has 2 atom stereocenters. The maximum absolute atomic E-state index is 13.7. The van der Waals surface area contributed by atoms with Crippen molar-refractivity contribution in [3.63, 3.8) is 0 Å². The van der Waals surface area contributed by atoms with Gasteiger partial charge in [-0.25, -0.2) is 18.6 Å². The first-order valence-corrected chi connectivity index (χ1v) is 11.7. The molecule has 2 aliphatic rings. The third-order valence-electron chi connectivity index (χ3n) is 6.40. The lowest BCUT2D eigenvalue weighted by Crippen LogP contribution is -2.34. The first-order valence-electron chi connectivity index (χ1n) is 11.7. The van der Waals surface area contributed by atoms with Crippen LogP contribution in [-0.2, 0) is 9.53 Å². The minimum atomic E-state index is -0.657. The van der Waals surface area contributed by atoms with E-state index in [0.29, 0.717) is 0 Å². The predicted octanol–water partition coefficient (Wildman–Crippen LogP) is 5.34. The summed E-state index contributed by atoms with van der Waals surface area (Å²) in [6.45, 7) is -0.494. The molecule has 0 radical (unpaired) electrons. The van der Waals surface area contributed by atoms with Crippen molar-refractivity contribution in [3.8, 4) is 0 Å². The molecule has 2 unspecified atom stereocenters. The second kappa shape index (κ2) is 10.2. The number of nitrogens with zero attached hydrogens (tertiary/aromatic N) is 3. The number of hydrogen-bond donors (Lipinski definition) is 0. The molecule has 2 heterocycles. The SMILES string of the molecule is O=C(OCC(=O)N1N=C2C(=Cc3ccc(F)cc3)CCCC2C1c1ccc(F)cc1)c1cccnc1. The van der Waals surface area contributed by atoms with E-state index in [1.165, 1.54) is 41.7 Å². The molecule has 0 N–H and O–H groups in total. The summed E-state index contributed by atoms with van der Waals surface area (Å²) in [5, 5.41) is 6.05. The molecule has 0 bridgehead atoms. The van der Waals surface area contributed by atoms with Gasteiger partial charge in [-0.3, -0.25) is 9.78 Å². The van der Waals surface area contributed by atoms with Crippen molar-refractivity contribution < 1.29 is 23.1 Å². The molecule has 8 heteroatoms. The van der Waals surface area contributed by atoms with Crippen LogP contribution in [0.4, 0.5) is 8.78 Å². The van der Waals surface area contributed by atoms with Crippen molar-refractivity contribution in [2.24, 2.45) is 11.0 Å². The quantitative estimate of drug-likeness (QED) is 0.456. The fraction of sp³-hybridized carbons (Fsp3) is 0.214. The highest BCUT2D eigenvalue weighted by atomic mass is 19.1. The zero-order valence-corrected chi connectivity index (χ0v) is 19.3. The van der Waals surface area contributed by atoms with E-state index in [9.17, 15) is 18.4 Å². The molecule has 36 heavy (non-hydrogen) atoms. The number of esters is 1. The summed E-state index contributed by atoms with van der Waals surface area (Å²) in [4.78, 5) is 29.5. The van der Waals surface area contributed by atoms with Crippen molar-refractivity contribution in [1.29, 1.82) is 0 Å². The Morgan fingerprint density at radius 1 is 1.03 bits per heavy atom. The summed E-state index contributed by atoms with van der Waals surface area (Å²) >= 11 is 0. The van der Waals surface area contributed by atoms with Crippen LogP contribution in [0.2, 0.25) is 0 Å². The first-order chi connectivity index (χ1) is 17.5. The van der Waals surface area contributed by atoms with Gasteiger partial charge in [0.15, 0.2) is 6.61 Å². The van der Waals surface area contributed by atoms with E-state index < -0.39 is 24.5 Å². The number of fused-ring (bicyclic) bond motifs is 1. The molecule has 1 fully saturated rings. The molecule has 0 saturated heterocycles. The average molecular weight is 488 g/mol. The molecular formula is C28H23F2N3O3. The van der Waals surface area contributed by atoms with E-state index in [2.05, 4.69) is 4.98 Å². The smallest absolute Gasteiger partial charge is 0.340 e. The van der Waals surface area contributed by atoms with Crippen LogP contribution in [0, 0.1) is 17.6 Å². The molecule has 182 valence electrons. The second-order valence-corrected chi connectivity index (χ2v) is 8.76. The van der Waals surface area contributed by atoms with Crippen molar-refractivity contribution in [2.75, 3.05) is 6.61 Å². The van der Waals surface area contributed by atoms with Gasteiger partial charge in [-0.15, -0.1) is 0 Å². The van der Waals surface area contributed by atoms with Crippen LogP contribution in [0.3, 0.4) is 0 Å². The maximum Gasteiger partial charge on any atom is 0.340 e. The minimum absolute atomic E-state index is 0.103. The Hall–Kier alpha value is -4.20. The number of carbonyl (C=O) groups is 2. The molecule has 1 saturated carbocycles. The molecule has 0 spiro atoms. The normalized spacial score (nSPS) is 20.1. The van der Waals surface area contributed by atoms with Gasteiger partial charge in [0.1, 0.15) is 11.6 Å². The van der Waals surface area contributed by atoms with E-state index in [-0.39, 0.29) is 23.1 Å².